The molecule has 0 unspecified atom stereocenters. The molecule has 0 radical (unpaired) electrons. The third-order valence-corrected chi connectivity index (χ3v) is 9.32. The van der Waals surface area contributed by atoms with E-state index >= 15 is 0 Å². The second kappa shape index (κ2) is 13.5. The molecule has 0 amide bonds. The van der Waals surface area contributed by atoms with Crippen LogP contribution in [0, 0.1) is 0 Å². The molecular weight excluding hydrogens is 681 g/mol. The third-order valence-electron chi connectivity index (χ3n) is 7.14. The van der Waals surface area contributed by atoms with Crippen LogP contribution < -0.4 is 15.7 Å². The van der Waals surface area contributed by atoms with Gasteiger partial charge in [-0.05, 0) is 78.4 Å². The van der Waals surface area contributed by atoms with Gasteiger partial charge in [0.25, 0.3) is 15.6 Å². The molecule has 6 rings (SSSR count). The van der Waals surface area contributed by atoms with Gasteiger partial charge in [-0.3, -0.25) is 9.79 Å². The van der Waals surface area contributed by atoms with E-state index in [4.69, 9.17) is 34.8 Å². The molecule has 0 fully saturated rings. The number of nitrogens with one attached hydrogen (secondary N) is 2. The highest BCUT2D eigenvalue weighted by Gasteiger charge is 2.21. The minimum atomic E-state index is -4.28. The van der Waals surface area contributed by atoms with E-state index in [-0.39, 0.29) is 28.3 Å². The molecule has 0 bridgehead atoms. The number of hydrogen-bond donors (Lipinski definition) is 3. The number of aromatic nitrogens is 2. The van der Waals surface area contributed by atoms with Gasteiger partial charge in [-0.1, -0.05) is 71.2 Å². The Kier molecular flexibility index (Phi) is 9.19. The number of phenolic OH excluding ortho intramolecular Hbond substituents is 1. The molecular formula is C34H24Cl3N5O4S. The minimum absolute atomic E-state index is 0.0332. The number of fused-ring (bicyclic) bond motifs is 1. The Morgan fingerprint density at radius 1 is 0.851 bits per heavy atom. The van der Waals surface area contributed by atoms with Gasteiger partial charge in [0.2, 0.25) is 0 Å². The lowest BCUT2D eigenvalue weighted by molar-refractivity contribution is 0.474. The Hall–Kier alpha value is -4.87. The summed E-state index contributed by atoms with van der Waals surface area (Å²) in [6, 6.07) is 29.4. The fourth-order valence-electron chi connectivity index (χ4n) is 4.76. The molecule has 0 aliphatic carbocycles. The van der Waals surface area contributed by atoms with Gasteiger partial charge < -0.3 is 10.4 Å². The first kappa shape index (κ1) is 32.1. The average Bonchev–Trinajstić information content (AvgIpc) is 3.05. The van der Waals surface area contributed by atoms with E-state index in [2.05, 4.69) is 20.1 Å². The van der Waals surface area contributed by atoms with Gasteiger partial charge in [-0.15, -0.1) is 0 Å². The topological polar surface area (TPSA) is 126 Å². The van der Waals surface area contributed by atoms with Crippen molar-refractivity contribution < 1.29 is 13.5 Å². The van der Waals surface area contributed by atoms with Crippen molar-refractivity contribution in [1.82, 2.24) is 9.66 Å². The minimum Gasteiger partial charge on any atom is -0.507 e. The van der Waals surface area contributed by atoms with Crippen LogP contribution in [0.5, 0.6) is 5.75 Å². The molecule has 236 valence electrons. The van der Waals surface area contributed by atoms with Crippen LogP contribution in [0.2, 0.25) is 15.1 Å². The number of sulfonamides is 1. The quantitative estimate of drug-likeness (QED) is 0.131. The van der Waals surface area contributed by atoms with E-state index in [1.807, 2.05) is 24.3 Å². The van der Waals surface area contributed by atoms with Crippen LogP contribution >= 0.6 is 34.8 Å². The van der Waals surface area contributed by atoms with Crippen molar-refractivity contribution in [1.29, 1.82) is 0 Å². The number of phenols is 1. The van der Waals surface area contributed by atoms with Crippen molar-refractivity contribution in [2.75, 3.05) is 10.1 Å². The normalized spacial score (nSPS) is 11.6. The monoisotopic (exact) mass is 703 g/mol. The molecule has 0 spiro atoms. The van der Waals surface area contributed by atoms with Crippen molar-refractivity contribution >= 4 is 79.0 Å². The molecule has 6 aromatic rings. The zero-order valence-corrected chi connectivity index (χ0v) is 27.3. The van der Waals surface area contributed by atoms with E-state index in [1.54, 1.807) is 48.5 Å². The van der Waals surface area contributed by atoms with E-state index in [9.17, 15) is 18.3 Å². The van der Waals surface area contributed by atoms with Crippen molar-refractivity contribution in [2.24, 2.45) is 4.99 Å². The van der Waals surface area contributed by atoms with Crippen molar-refractivity contribution in [3.63, 3.8) is 0 Å². The molecule has 1 heterocycles. The predicted octanol–water partition coefficient (Wildman–Crippen LogP) is 8.08. The molecule has 0 saturated carbocycles. The highest BCUT2D eigenvalue weighted by Crippen LogP contribution is 2.34. The third kappa shape index (κ3) is 7.11. The lowest BCUT2D eigenvalue weighted by Gasteiger charge is -2.18. The Morgan fingerprint density at radius 2 is 1.55 bits per heavy atom. The summed E-state index contributed by atoms with van der Waals surface area (Å²) >= 11 is 19.0. The molecule has 13 heteroatoms. The largest absolute Gasteiger partial charge is 0.507 e. The summed E-state index contributed by atoms with van der Waals surface area (Å²) in [5.41, 5.74) is 2.43. The van der Waals surface area contributed by atoms with Gasteiger partial charge in [-0.25, -0.2) is 9.82 Å². The molecule has 47 heavy (non-hydrogen) atoms. The zero-order valence-electron chi connectivity index (χ0n) is 24.2. The van der Waals surface area contributed by atoms with Crippen LogP contribution in [0.1, 0.15) is 17.0 Å². The maximum atomic E-state index is 13.8. The molecule has 0 saturated heterocycles. The first-order valence-corrected chi connectivity index (χ1v) is 16.7. The number of aliphatic imine (C=N–C) groups is 1. The van der Waals surface area contributed by atoms with Crippen LogP contribution in [0.15, 0.2) is 124 Å². The van der Waals surface area contributed by atoms with Crippen LogP contribution in [-0.4, -0.2) is 29.4 Å². The van der Waals surface area contributed by atoms with Gasteiger partial charge in [0.15, 0.2) is 0 Å². The molecule has 0 atom stereocenters. The summed E-state index contributed by atoms with van der Waals surface area (Å²) in [5.74, 6) is 0.176. The molecule has 5 aromatic carbocycles. The second-order valence-corrected chi connectivity index (χ2v) is 13.2. The second-order valence-electron chi connectivity index (χ2n) is 10.3. The maximum Gasteiger partial charge on any atom is 0.280 e. The van der Waals surface area contributed by atoms with Crippen LogP contribution in [0.4, 0.5) is 17.1 Å². The highest BCUT2D eigenvalue weighted by atomic mass is 35.5. The number of anilines is 2. The van der Waals surface area contributed by atoms with Gasteiger partial charge >= 0.3 is 0 Å². The summed E-state index contributed by atoms with van der Waals surface area (Å²) in [4.78, 5) is 25.1. The SMILES string of the molecule is O=c1c2ccc(Cl)cc2nc(Cc2ccccc2Nc2c(Cl)cccc2Cl)n1NS(=O)(=O)c1ccc(N=Cc2ccccc2O)cc1. The van der Waals surface area contributed by atoms with E-state index in [0.29, 0.717) is 48.8 Å². The number of rotatable bonds is 9. The van der Waals surface area contributed by atoms with E-state index < -0.39 is 15.6 Å². The summed E-state index contributed by atoms with van der Waals surface area (Å²) in [5, 5.41) is 14.6. The fraction of sp³-hybridized carbons (Fsp3) is 0.0294. The summed E-state index contributed by atoms with van der Waals surface area (Å²) < 4.78 is 28.2. The lowest BCUT2D eigenvalue weighted by atomic mass is 10.1. The van der Waals surface area contributed by atoms with Crippen molar-refractivity contribution in [3.05, 3.63) is 152 Å². The summed E-state index contributed by atoms with van der Waals surface area (Å²) in [7, 11) is -4.28. The Bertz CT molecular complexity index is 2310. The summed E-state index contributed by atoms with van der Waals surface area (Å²) in [6.07, 6.45) is 1.51. The predicted molar refractivity (Wildman–Crippen MR) is 188 cm³/mol. The summed E-state index contributed by atoms with van der Waals surface area (Å²) in [6.45, 7) is 0. The van der Waals surface area contributed by atoms with Crippen LogP contribution in [-0.2, 0) is 16.4 Å². The first-order valence-electron chi connectivity index (χ1n) is 14.0. The number of hydrogen-bond acceptors (Lipinski definition) is 7. The standard InChI is InChI=1S/C34H24Cl3N5O4S/c35-23-12-17-26-30(19-23)39-32(18-21-6-1-3-10-29(21)40-33-27(36)8-5-9-28(33)37)42(34(26)44)41-47(45,46)25-15-13-24(14-16-25)38-20-22-7-2-4-11-31(22)43/h1-17,19-20,40-41,43H,18H2. The Morgan fingerprint density at radius 3 is 2.30 bits per heavy atom. The Labute approximate surface area is 284 Å². The fourth-order valence-corrected chi connectivity index (χ4v) is 6.45. The number of benzene rings is 5. The van der Waals surface area contributed by atoms with E-state index in [0.717, 1.165) is 4.68 Å². The first-order chi connectivity index (χ1) is 22.6. The molecule has 0 aliphatic heterocycles. The average molecular weight is 705 g/mol. The van der Waals surface area contributed by atoms with Gasteiger partial charge in [-0.2, -0.15) is 13.1 Å². The van der Waals surface area contributed by atoms with Gasteiger partial charge in [0.05, 0.1) is 37.2 Å². The number of halogens is 3. The maximum absolute atomic E-state index is 13.8. The van der Waals surface area contributed by atoms with E-state index in [1.165, 1.54) is 42.6 Å². The number of nitrogens with zero attached hydrogens (tertiary/aromatic N) is 3. The smallest absolute Gasteiger partial charge is 0.280 e. The van der Waals surface area contributed by atoms with Crippen molar-refractivity contribution in [2.45, 2.75) is 11.3 Å². The van der Waals surface area contributed by atoms with Gasteiger partial charge in [0.1, 0.15) is 11.6 Å². The lowest BCUT2D eigenvalue weighted by Crippen LogP contribution is -2.36. The van der Waals surface area contributed by atoms with Crippen LogP contribution in [0.3, 0.4) is 0 Å². The molecule has 1 aromatic heterocycles. The van der Waals surface area contributed by atoms with Crippen LogP contribution in [0.25, 0.3) is 10.9 Å². The molecule has 0 aliphatic rings. The van der Waals surface area contributed by atoms with Crippen molar-refractivity contribution in [3.8, 4) is 5.75 Å². The Balaban J connectivity index is 1.36. The molecule has 3 N–H and O–H groups in total. The zero-order chi connectivity index (χ0) is 33.1. The van der Waals surface area contributed by atoms with Gasteiger partial charge in [0, 0.05) is 28.9 Å². The number of aromatic hydroxyl groups is 1. The molecule has 9 nitrogen and oxygen atoms in total. The highest BCUT2D eigenvalue weighted by molar-refractivity contribution is 7.92. The number of para-hydroxylation sites is 3.